The first kappa shape index (κ1) is 49.3. The molecule has 0 N–H and O–H groups in total. The van der Waals surface area contributed by atoms with Crippen LogP contribution in [0.4, 0.5) is 0 Å². The Hall–Kier alpha value is -5.60. The molecule has 366 valence electrons. The van der Waals surface area contributed by atoms with Gasteiger partial charge in [-0.3, -0.25) is 0 Å². The fourth-order valence-corrected chi connectivity index (χ4v) is 34.1. The molecule has 2 atom stereocenters. The normalized spacial score (nSPS) is 17.5. The van der Waals surface area contributed by atoms with Crippen LogP contribution in [0.1, 0.15) is 80.9 Å². The van der Waals surface area contributed by atoms with Crippen LogP contribution in [-0.4, -0.2) is 6.88 Å². The minimum absolute atomic E-state index is 0. The first-order valence-electron chi connectivity index (χ1n) is 27.0. The predicted octanol–water partition coefficient (Wildman–Crippen LogP) is 20.1. The van der Waals surface area contributed by atoms with Crippen LogP contribution in [0.15, 0.2) is 205 Å². The zero-order valence-corrected chi connectivity index (χ0v) is 48.1. The second kappa shape index (κ2) is 19.2. The summed E-state index contributed by atoms with van der Waals surface area (Å²) in [7, 11) is 0. The van der Waals surface area contributed by atoms with Crippen LogP contribution in [0, 0.1) is 11.8 Å². The van der Waals surface area contributed by atoms with Gasteiger partial charge in [-0.05, 0) is 0 Å². The second-order valence-electron chi connectivity index (χ2n) is 23.3. The Balaban J connectivity index is 0.00000278. The number of benzene rings is 10. The molecule has 0 amide bonds. The van der Waals surface area contributed by atoms with E-state index >= 15 is 0 Å². The molecule has 0 radical (unpaired) electrons. The molecule has 10 aromatic carbocycles. The summed E-state index contributed by atoms with van der Waals surface area (Å²) in [6.07, 6.45) is 16.1. The van der Waals surface area contributed by atoms with Gasteiger partial charge in [0.05, 0.1) is 0 Å². The van der Waals surface area contributed by atoms with Crippen molar-refractivity contribution < 1.29 is 17.4 Å². The Bertz CT molecular complexity index is 3740. The van der Waals surface area contributed by atoms with Crippen LogP contribution in [0.3, 0.4) is 0 Å². The van der Waals surface area contributed by atoms with E-state index < -0.39 is 17.4 Å². The first-order valence-corrected chi connectivity index (χ1v) is 40.7. The Morgan fingerprint density at radius 1 is 0.351 bits per heavy atom. The van der Waals surface area contributed by atoms with Crippen LogP contribution in [0.25, 0.3) is 99.7 Å². The molecule has 74 heavy (non-hydrogen) atoms. The fourth-order valence-electron chi connectivity index (χ4n) is 14.6. The summed E-state index contributed by atoms with van der Waals surface area (Å²) in [6, 6.07) is 74.6. The summed E-state index contributed by atoms with van der Waals surface area (Å²) in [6.45, 7) is 2.58. The van der Waals surface area contributed by atoms with E-state index in [-0.39, 0.29) is 24.8 Å². The zero-order valence-electron chi connectivity index (χ0n) is 42.6. The molecule has 4 aliphatic carbocycles. The van der Waals surface area contributed by atoms with Gasteiger partial charge in [-0.2, -0.15) is 0 Å². The van der Waals surface area contributed by atoms with Gasteiger partial charge in [-0.1, -0.05) is 0 Å². The summed E-state index contributed by atoms with van der Waals surface area (Å²) in [5, 5.41) is 10.6. The number of hydrogen-bond acceptors (Lipinski definition) is 0. The van der Waals surface area contributed by atoms with Gasteiger partial charge in [0.2, 0.25) is 0 Å². The van der Waals surface area contributed by atoms with Crippen molar-refractivity contribution in [1.82, 2.24) is 0 Å². The molecule has 4 aliphatic rings. The summed E-state index contributed by atoms with van der Waals surface area (Å²) >= 11 is -4.44. The van der Waals surface area contributed by atoms with E-state index in [2.05, 4.69) is 222 Å². The van der Waals surface area contributed by atoms with Crippen LogP contribution in [0.5, 0.6) is 0 Å². The number of halogens is 2. The van der Waals surface area contributed by atoms with Crippen molar-refractivity contribution in [2.45, 2.75) is 67.9 Å². The molecule has 0 bridgehead atoms. The van der Waals surface area contributed by atoms with Crippen molar-refractivity contribution in [2.24, 2.45) is 11.8 Å². The molecule has 2 saturated carbocycles. The topological polar surface area (TPSA) is 0 Å². The number of rotatable bonds is 10. The monoisotopic (exact) mass is 1090 g/mol. The third-order valence-electron chi connectivity index (χ3n) is 18.3. The molecule has 4 heteroatoms. The molecule has 2 fully saturated rings. The van der Waals surface area contributed by atoms with Crippen molar-refractivity contribution in [2.75, 3.05) is 0 Å². The van der Waals surface area contributed by atoms with Gasteiger partial charge in [0.1, 0.15) is 0 Å². The van der Waals surface area contributed by atoms with Crippen LogP contribution in [-0.2, 0) is 17.4 Å². The van der Waals surface area contributed by atoms with E-state index in [4.69, 9.17) is 0 Å². The van der Waals surface area contributed by atoms with Gasteiger partial charge in [0.25, 0.3) is 0 Å². The van der Waals surface area contributed by atoms with E-state index in [0.29, 0.717) is 7.25 Å². The maximum absolute atomic E-state index is 4.44. The molecule has 0 aliphatic heterocycles. The molecular formula is C70H64Cl2SiZr. The van der Waals surface area contributed by atoms with Crippen molar-refractivity contribution >= 4 is 86.9 Å². The summed E-state index contributed by atoms with van der Waals surface area (Å²) in [5.41, 5.74) is 20.7. The SMILES string of the molecule is Cl.Cl.[CH3][Zr]([CH3])(=[SiH2])([CH]1C(CC2CCC2)=Cc2c(-c3cccc4ccccc34)ccc(-c3cccc4ccccc34)c21)[CH]1C(CC2CCC2)=Cc2c(-c3cccc4ccccc34)ccc(-c3cccc4ccccc34)c21. The third kappa shape index (κ3) is 8.00. The molecule has 0 saturated heterocycles. The van der Waals surface area contributed by atoms with Gasteiger partial charge in [0.15, 0.2) is 0 Å². The van der Waals surface area contributed by atoms with Gasteiger partial charge in [-0.25, -0.2) is 0 Å². The van der Waals surface area contributed by atoms with E-state index in [1.807, 2.05) is 0 Å². The Morgan fingerprint density at radius 2 is 0.635 bits per heavy atom. The van der Waals surface area contributed by atoms with E-state index in [1.165, 1.54) is 150 Å². The molecular weight excluding hydrogens is 1030 g/mol. The zero-order chi connectivity index (χ0) is 48.2. The van der Waals surface area contributed by atoms with E-state index in [9.17, 15) is 0 Å². The number of fused-ring (bicyclic) bond motifs is 6. The quantitative estimate of drug-likeness (QED) is 0.120. The van der Waals surface area contributed by atoms with Gasteiger partial charge in [0, 0.05) is 0 Å². The standard InChI is InChI=1S/2C34H27.2CH3.2ClH.H2Si.Zr/c2*1-3-14-27-25(10-1)12-6-16-29(27)31-18-19-32(30-17-7-13-26-11-2-4-15-28(26)30)34-22-24(21-33(31)34)20-23-8-5-9-23;;;;;;/h2*1-4,6-7,10-19,21-23H,5,8-9,20H2;2*1H3;2*1H;1H2;. The maximum atomic E-state index is 2.94. The molecule has 0 aromatic heterocycles. The molecule has 2 unspecified atom stereocenters. The summed E-state index contributed by atoms with van der Waals surface area (Å²) < 4.78 is 6.59. The predicted molar refractivity (Wildman–Crippen MR) is 325 cm³/mol. The number of hydrogen-bond donors (Lipinski definition) is 0. The van der Waals surface area contributed by atoms with E-state index in [1.54, 1.807) is 22.3 Å². The van der Waals surface area contributed by atoms with Crippen molar-refractivity contribution in [3.8, 4) is 44.5 Å². The van der Waals surface area contributed by atoms with Crippen molar-refractivity contribution in [3.05, 3.63) is 228 Å². The number of allylic oxidation sites excluding steroid dienone is 2. The average molecular weight is 1100 g/mol. The Labute approximate surface area is 452 Å². The molecule has 0 heterocycles. The van der Waals surface area contributed by atoms with Crippen molar-refractivity contribution in [1.29, 1.82) is 0 Å². The molecule has 0 nitrogen and oxygen atoms in total. The first-order chi connectivity index (χ1) is 35.3. The second-order valence-corrected chi connectivity index (χ2v) is 53.8. The Kier molecular flexibility index (Phi) is 12.8. The third-order valence-corrected chi connectivity index (χ3v) is 35.7. The van der Waals surface area contributed by atoms with Crippen molar-refractivity contribution in [3.63, 3.8) is 0 Å². The van der Waals surface area contributed by atoms with Crippen LogP contribution < -0.4 is 0 Å². The summed E-state index contributed by atoms with van der Waals surface area (Å²) in [5.74, 6) is 1.49. The summed E-state index contributed by atoms with van der Waals surface area (Å²) in [4.78, 5) is 0. The van der Waals surface area contributed by atoms with Gasteiger partial charge < -0.3 is 0 Å². The van der Waals surface area contributed by atoms with Crippen LogP contribution >= 0.6 is 24.8 Å². The average Bonchev–Trinajstić information content (AvgIpc) is 3.99. The minimum atomic E-state index is -4.44. The van der Waals surface area contributed by atoms with Crippen LogP contribution in [0.2, 0.25) is 9.26 Å². The molecule has 14 rings (SSSR count). The Morgan fingerprint density at radius 3 is 0.946 bits per heavy atom. The fraction of sp³-hybridized carbons (Fsp3) is 0.200. The molecule has 10 aromatic rings. The van der Waals surface area contributed by atoms with Gasteiger partial charge >= 0.3 is 431 Å². The van der Waals surface area contributed by atoms with E-state index in [0.717, 1.165) is 11.8 Å². The van der Waals surface area contributed by atoms with Gasteiger partial charge in [-0.15, -0.1) is 24.8 Å². The molecule has 0 spiro atoms.